The molecule has 1 unspecified atom stereocenters. The van der Waals surface area contributed by atoms with Crippen LogP contribution in [0.5, 0.6) is 17.2 Å². The van der Waals surface area contributed by atoms with Gasteiger partial charge in [-0.05, 0) is 84.1 Å². The van der Waals surface area contributed by atoms with Crippen LogP contribution in [0.2, 0.25) is 0 Å². The van der Waals surface area contributed by atoms with Gasteiger partial charge in [0.2, 0.25) is 0 Å². The largest absolute Gasteiger partial charge is 0.493 e. The van der Waals surface area contributed by atoms with Crippen molar-refractivity contribution in [2.75, 3.05) is 31.2 Å². The minimum atomic E-state index is -0.895. The molecule has 0 spiro atoms. The summed E-state index contributed by atoms with van der Waals surface area (Å²) in [6, 6.07) is 18.1. The van der Waals surface area contributed by atoms with Gasteiger partial charge in [0.15, 0.2) is 27.8 Å². The standard InChI is InChI=1S/C27H27N5O5S2/c1-35-23-11-16-10-22(25(33)34)31(14-17(16)12-24(23)36-2)20-4-3-5-21(13-20)37-15-28-18-6-8-19(9-7-18)32-26(38)29-30-27(32)39/h3-9,11-13,22,28H,10,14-15H2,1-2H3,(H,29,38)(H,30,39)(H,33,34). The van der Waals surface area contributed by atoms with Crippen molar-refractivity contribution >= 4 is 41.8 Å². The van der Waals surface area contributed by atoms with Crippen molar-refractivity contribution in [3.05, 3.63) is 81.3 Å². The van der Waals surface area contributed by atoms with Gasteiger partial charge in [-0.15, -0.1) is 0 Å². The topological polar surface area (TPSA) is 117 Å². The van der Waals surface area contributed by atoms with Crippen LogP contribution in [0.3, 0.4) is 0 Å². The van der Waals surface area contributed by atoms with Crippen LogP contribution < -0.4 is 24.4 Å². The highest BCUT2D eigenvalue weighted by atomic mass is 32.1. The maximum atomic E-state index is 12.2. The predicted octanol–water partition coefficient (Wildman–Crippen LogP) is 5.07. The van der Waals surface area contributed by atoms with Crippen LogP contribution >= 0.6 is 24.4 Å². The van der Waals surface area contributed by atoms with E-state index >= 15 is 0 Å². The fraction of sp³-hybridized carbons (Fsp3) is 0.222. The minimum Gasteiger partial charge on any atom is -0.493 e. The number of hydrogen-bond donors (Lipinski definition) is 4. The van der Waals surface area contributed by atoms with E-state index in [1.165, 1.54) is 0 Å². The summed E-state index contributed by atoms with van der Waals surface area (Å²) in [4.78, 5) is 14.1. The first-order chi connectivity index (χ1) is 18.9. The first-order valence-corrected chi connectivity index (χ1v) is 12.9. The monoisotopic (exact) mass is 565 g/mol. The van der Waals surface area contributed by atoms with E-state index in [0.29, 0.717) is 39.8 Å². The van der Waals surface area contributed by atoms with E-state index < -0.39 is 12.0 Å². The van der Waals surface area contributed by atoms with Crippen LogP contribution in [0, 0.1) is 9.54 Å². The molecular formula is C27H27N5O5S2. The Bertz CT molecular complexity index is 1580. The van der Waals surface area contributed by atoms with Crippen molar-refractivity contribution < 1.29 is 24.1 Å². The molecule has 0 saturated carbocycles. The van der Waals surface area contributed by atoms with Gasteiger partial charge in [-0.2, -0.15) is 0 Å². The van der Waals surface area contributed by atoms with Crippen molar-refractivity contribution in [2.24, 2.45) is 0 Å². The van der Waals surface area contributed by atoms with E-state index in [4.69, 9.17) is 38.6 Å². The van der Waals surface area contributed by atoms with Crippen LogP contribution in [0.1, 0.15) is 11.1 Å². The van der Waals surface area contributed by atoms with E-state index in [1.807, 2.05) is 65.6 Å². The molecule has 0 amide bonds. The molecule has 202 valence electrons. The molecule has 1 aliphatic heterocycles. The van der Waals surface area contributed by atoms with Crippen LogP contribution in [0.4, 0.5) is 11.4 Å². The molecular weight excluding hydrogens is 538 g/mol. The number of carboxylic acid groups (broad SMARTS) is 1. The summed E-state index contributed by atoms with van der Waals surface area (Å²) in [5.41, 5.74) is 4.37. The average Bonchev–Trinajstić information content (AvgIpc) is 3.29. The van der Waals surface area contributed by atoms with E-state index in [1.54, 1.807) is 18.8 Å². The van der Waals surface area contributed by atoms with Crippen molar-refractivity contribution in [3.63, 3.8) is 0 Å². The molecule has 3 aromatic carbocycles. The summed E-state index contributed by atoms with van der Waals surface area (Å²) < 4.78 is 19.5. The minimum absolute atomic E-state index is 0.217. The highest BCUT2D eigenvalue weighted by molar-refractivity contribution is 7.72. The van der Waals surface area contributed by atoms with Crippen molar-refractivity contribution in [1.29, 1.82) is 0 Å². The molecule has 4 N–H and O–H groups in total. The molecule has 1 aromatic heterocycles. The SMILES string of the molecule is COc1cc2c(cc1OC)CN(c1cccc(OCNc3ccc(-n4c(=S)[nH][nH]c4=S)cc3)c1)C(C(=O)O)C2. The first-order valence-electron chi connectivity index (χ1n) is 12.1. The van der Waals surface area contributed by atoms with Crippen molar-refractivity contribution in [1.82, 2.24) is 14.8 Å². The number of H-pyrrole nitrogens is 2. The Hall–Kier alpha value is -4.29. The second kappa shape index (κ2) is 11.2. The van der Waals surface area contributed by atoms with Crippen molar-refractivity contribution in [2.45, 2.75) is 19.0 Å². The number of rotatable bonds is 9. The molecule has 0 saturated heterocycles. The number of fused-ring (bicyclic) bond motifs is 1. The number of ether oxygens (including phenoxy) is 3. The normalized spacial score (nSPS) is 14.4. The lowest BCUT2D eigenvalue weighted by Crippen LogP contribution is -2.45. The lowest BCUT2D eigenvalue weighted by Gasteiger charge is -2.36. The Morgan fingerprint density at radius 1 is 0.974 bits per heavy atom. The van der Waals surface area contributed by atoms with Gasteiger partial charge in [0, 0.05) is 30.4 Å². The number of aliphatic carboxylic acids is 1. The molecule has 0 fully saturated rings. The lowest BCUT2D eigenvalue weighted by molar-refractivity contribution is -0.138. The summed E-state index contributed by atoms with van der Waals surface area (Å²) in [5.74, 6) is 0.918. The van der Waals surface area contributed by atoms with E-state index in [0.717, 1.165) is 28.2 Å². The Balaban J connectivity index is 1.28. The molecule has 39 heavy (non-hydrogen) atoms. The zero-order chi connectivity index (χ0) is 27.5. The Labute approximate surface area is 234 Å². The van der Waals surface area contributed by atoms with Gasteiger partial charge in [0.05, 0.1) is 19.9 Å². The van der Waals surface area contributed by atoms with E-state index in [9.17, 15) is 9.90 Å². The van der Waals surface area contributed by atoms with Crippen LogP contribution in [-0.4, -0.2) is 52.8 Å². The van der Waals surface area contributed by atoms with E-state index in [2.05, 4.69) is 15.5 Å². The smallest absolute Gasteiger partial charge is 0.326 e. The van der Waals surface area contributed by atoms with Crippen LogP contribution in [0.15, 0.2) is 60.7 Å². The summed E-state index contributed by atoms with van der Waals surface area (Å²) in [5, 5.41) is 18.9. The number of aromatic amines is 2. The number of benzene rings is 3. The molecule has 12 heteroatoms. The van der Waals surface area contributed by atoms with Gasteiger partial charge < -0.3 is 29.5 Å². The van der Waals surface area contributed by atoms with Crippen LogP contribution in [0.25, 0.3) is 5.69 Å². The molecule has 0 aliphatic carbocycles. The second-order valence-electron chi connectivity index (χ2n) is 8.87. The zero-order valence-corrected chi connectivity index (χ0v) is 22.9. The first kappa shape index (κ1) is 26.3. The fourth-order valence-electron chi connectivity index (χ4n) is 4.63. The quantitative estimate of drug-likeness (QED) is 0.163. The summed E-state index contributed by atoms with van der Waals surface area (Å²) in [7, 11) is 3.15. The Morgan fingerprint density at radius 2 is 1.64 bits per heavy atom. The molecule has 0 radical (unpaired) electrons. The average molecular weight is 566 g/mol. The zero-order valence-electron chi connectivity index (χ0n) is 21.3. The number of aromatic nitrogens is 3. The number of carboxylic acids is 1. The van der Waals surface area contributed by atoms with Gasteiger partial charge in [0.25, 0.3) is 0 Å². The molecule has 10 nitrogen and oxygen atoms in total. The second-order valence-corrected chi connectivity index (χ2v) is 9.64. The number of nitrogens with one attached hydrogen (secondary N) is 3. The van der Waals surface area contributed by atoms with Gasteiger partial charge in [-0.1, -0.05) is 6.07 Å². The third-order valence-corrected chi connectivity index (χ3v) is 7.16. The van der Waals surface area contributed by atoms with Gasteiger partial charge >= 0.3 is 5.97 Å². The van der Waals surface area contributed by atoms with Crippen molar-refractivity contribution in [3.8, 4) is 22.9 Å². The predicted molar refractivity (Wildman–Crippen MR) is 153 cm³/mol. The lowest BCUT2D eigenvalue weighted by atomic mass is 9.92. The van der Waals surface area contributed by atoms with Gasteiger partial charge in [-0.3, -0.25) is 14.8 Å². The Kier molecular flexibility index (Phi) is 7.57. The van der Waals surface area contributed by atoms with Crippen LogP contribution in [-0.2, 0) is 17.8 Å². The van der Waals surface area contributed by atoms with Gasteiger partial charge in [0.1, 0.15) is 11.8 Å². The number of carbonyl (C=O) groups is 1. The number of nitrogens with zero attached hydrogens (tertiary/aromatic N) is 2. The maximum absolute atomic E-state index is 12.2. The van der Waals surface area contributed by atoms with Gasteiger partial charge in [-0.25, -0.2) is 4.79 Å². The molecule has 1 aliphatic rings. The number of hydrogen-bond acceptors (Lipinski definition) is 8. The number of anilines is 2. The highest BCUT2D eigenvalue weighted by Crippen LogP contribution is 2.37. The molecule has 4 aromatic rings. The summed E-state index contributed by atoms with van der Waals surface area (Å²) in [6.45, 7) is 0.629. The summed E-state index contributed by atoms with van der Waals surface area (Å²) in [6.07, 6.45) is 0.340. The highest BCUT2D eigenvalue weighted by Gasteiger charge is 2.33. The third kappa shape index (κ3) is 5.47. The fourth-order valence-corrected chi connectivity index (χ4v) is 5.19. The molecule has 5 rings (SSSR count). The maximum Gasteiger partial charge on any atom is 0.326 e. The molecule has 1 atom stereocenters. The number of methoxy groups -OCH3 is 2. The van der Waals surface area contributed by atoms with E-state index in [-0.39, 0.29) is 6.73 Å². The molecule has 0 bridgehead atoms. The Morgan fingerprint density at radius 3 is 2.28 bits per heavy atom. The molecule has 2 heterocycles. The third-order valence-electron chi connectivity index (χ3n) is 6.59. The summed E-state index contributed by atoms with van der Waals surface area (Å²) >= 11 is 10.5.